The number of nitrogens with one attached hydrogen (secondary N) is 1. The van der Waals surface area contributed by atoms with Crippen molar-refractivity contribution in [2.45, 2.75) is 50.3 Å². The second kappa shape index (κ2) is 7.99. The highest BCUT2D eigenvalue weighted by atomic mass is 19.1. The molecule has 1 aromatic carbocycles. The fourth-order valence-corrected chi connectivity index (χ4v) is 4.52. The van der Waals surface area contributed by atoms with E-state index in [9.17, 15) is 28.3 Å². The lowest BCUT2D eigenvalue weighted by molar-refractivity contribution is -0.243. The van der Waals surface area contributed by atoms with E-state index < -0.39 is 52.3 Å². The number of aliphatic hydroxyl groups is 1. The second-order valence-electron chi connectivity index (χ2n) is 8.57. The Morgan fingerprint density at radius 1 is 1.39 bits per heavy atom. The maximum atomic E-state index is 13.9. The first-order valence-electron chi connectivity index (χ1n) is 10.4. The Kier molecular flexibility index (Phi) is 5.57. The number of aliphatic imine (C=N–C) groups is 1. The molecule has 0 aromatic heterocycles. The molecule has 3 aliphatic rings. The Morgan fingerprint density at radius 2 is 2.12 bits per heavy atom. The number of hydrogen-bond acceptors (Lipinski definition) is 7. The molecule has 2 N–H and O–H groups in total. The summed E-state index contributed by atoms with van der Waals surface area (Å²) in [6, 6.07) is 2.63. The Labute approximate surface area is 188 Å². The minimum atomic E-state index is -1.84. The standard InChI is InChI=1S/C22H24F2N4O5/c1-12-6-7-33-22(25-3)11-27-10-15(17(29)18(30)21(27,2)20(32)28(12)22)19(31)26-9-13-4-5-14(23)8-16(13)24/h4-5,8,10,12,18,30H,3,6-7,9,11H2,1-2H3,(H,26,31)/t12-,18?,21?,22+/m0/s1. The van der Waals surface area contributed by atoms with Crippen molar-refractivity contribution in [2.24, 2.45) is 4.99 Å². The van der Waals surface area contributed by atoms with E-state index in [0.717, 1.165) is 6.07 Å². The van der Waals surface area contributed by atoms with Gasteiger partial charge in [-0.25, -0.2) is 13.8 Å². The summed E-state index contributed by atoms with van der Waals surface area (Å²) in [6.07, 6.45) is -0.0989. The van der Waals surface area contributed by atoms with Gasteiger partial charge in [0.05, 0.1) is 13.2 Å². The molecule has 3 aliphatic heterocycles. The molecule has 2 fully saturated rings. The van der Waals surface area contributed by atoms with Gasteiger partial charge in [-0.2, -0.15) is 0 Å². The zero-order valence-corrected chi connectivity index (χ0v) is 18.2. The molecule has 9 nitrogen and oxygen atoms in total. The molecule has 4 rings (SSSR count). The lowest BCUT2D eigenvalue weighted by Crippen LogP contribution is -2.79. The number of nitrogens with zero attached hydrogens (tertiary/aromatic N) is 3. The molecule has 1 aromatic rings. The summed E-state index contributed by atoms with van der Waals surface area (Å²) in [4.78, 5) is 46.0. The van der Waals surface area contributed by atoms with Crippen LogP contribution in [0, 0.1) is 11.6 Å². The van der Waals surface area contributed by atoms with Gasteiger partial charge in [-0.15, -0.1) is 0 Å². The van der Waals surface area contributed by atoms with Crippen LogP contribution in [-0.2, 0) is 25.7 Å². The van der Waals surface area contributed by atoms with Crippen molar-refractivity contribution in [1.29, 1.82) is 0 Å². The molecule has 4 atom stereocenters. The zero-order chi connectivity index (χ0) is 24.1. The molecule has 11 heteroatoms. The quantitative estimate of drug-likeness (QED) is 0.497. The molecule has 0 spiro atoms. The number of Topliss-reactive ketones (excluding diaryl/α,β-unsaturated/α-hetero) is 1. The van der Waals surface area contributed by atoms with Crippen molar-refractivity contribution < 1.29 is 33.0 Å². The Balaban J connectivity index is 1.64. The third kappa shape index (κ3) is 3.42. The number of hydrogen-bond donors (Lipinski definition) is 2. The van der Waals surface area contributed by atoms with Gasteiger partial charge in [0, 0.05) is 30.4 Å². The monoisotopic (exact) mass is 462 g/mol. The second-order valence-corrected chi connectivity index (χ2v) is 8.57. The minimum Gasteiger partial charge on any atom is -0.382 e. The van der Waals surface area contributed by atoms with Crippen molar-refractivity contribution in [2.75, 3.05) is 13.2 Å². The third-order valence-electron chi connectivity index (χ3n) is 6.59. The number of halogens is 2. The summed E-state index contributed by atoms with van der Waals surface area (Å²) in [5.74, 6) is -5.43. The highest BCUT2D eigenvalue weighted by Gasteiger charge is 2.64. The van der Waals surface area contributed by atoms with Crippen molar-refractivity contribution >= 4 is 24.3 Å². The van der Waals surface area contributed by atoms with E-state index in [4.69, 9.17) is 4.74 Å². The van der Waals surface area contributed by atoms with Crippen LogP contribution in [0.3, 0.4) is 0 Å². The number of amides is 2. The number of ketones is 1. The van der Waals surface area contributed by atoms with E-state index in [1.807, 2.05) is 6.92 Å². The van der Waals surface area contributed by atoms with Crippen LogP contribution in [0.4, 0.5) is 8.78 Å². The summed E-state index contributed by atoms with van der Waals surface area (Å²) in [5, 5.41) is 13.3. The van der Waals surface area contributed by atoms with E-state index in [-0.39, 0.29) is 24.7 Å². The molecule has 33 heavy (non-hydrogen) atoms. The Hall–Kier alpha value is -3.18. The van der Waals surface area contributed by atoms with E-state index in [1.54, 1.807) is 0 Å². The largest absolute Gasteiger partial charge is 0.382 e. The first-order valence-corrected chi connectivity index (χ1v) is 10.4. The molecule has 2 unspecified atom stereocenters. The van der Waals surface area contributed by atoms with E-state index in [0.29, 0.717) is 19.1 Å². The number of carbonyl (C=O) groups is 3. The average Bonchev–Trinajstić information content (AvgIpc) is 2.77. The number of benzene rings is 1. The maximum absolute atomic E-state index is 13.9. The SMILES string of the molecule is C=N[C@]12CN3C=C(C(=O)NCc4ccc(F)cc4F)C(=O)C(O)C3(C)C(=O)N1[C@@H](C)CCO2. The molecule has 3 heterocycles. The summed E-state index contributed by atoms with van der Waals surface area (Å²) >= 11 is 0. The molecule has 2 amide bonds. The molecular weight excluding hydrogens is 438 g/mol. The fourth-order valence-electron chi connectivity index (χ4n) is 4.52. The normalized spacial score (nSPS) is 31.5. The Bertz CT molecular complexity index is 1080. The van der Waals surface area contributed by atoms with Crippen molar-refractivity contribution in [1.82, 2.24) is 15.1 Å². The van der Waals surface area contributed by atoms with Crippen molar-refractivity contribution in [3.63, 3.8) is 0 Å². The number of carbonyl (C=O) groups excluding carboxylic acids is 3. The van der Waals surface area contributed by atoms with Gasteiger partial charge >= 0.3 is 0 Å². The summed E-state index contributed by atoms with van der Waals surface area (Å²) in [6.45, 7) is 6.77. The van der Waals surface area contributed by atoms with Gasteiger partial charge in [-0.1, -0.05) is 6.07 Å². The molecule has 2 saturated heterocycles. The number of fused-ring (bicyclic) bond motifs is 2. The van der Waals surface area contributed by atoms with Crippen LogP contribution in [0.25, 0.3) is 0 Å². The van der Waals surface area contributed by atoms with Crippen LogP contribution in [0.2, 0.25) is 0 Å². The van der Waals surface area contributed by atoms with Crippen LogP contribution >= 0.6 is 0 Å². The van der Waals surface area contributed by atoms with Gasteiger partial charge in [-0.05, 0) is 33.1 Å². The lowest BCUT2D eigenvalue weighted by Gasteiger charge is -2.59. The van der Waals surface area contributed by atoms with Crippen LogP contribution in [0.5, 0.6) is 0 Å². The minimum absolute atomic E-state index is 0.0159. The predicted octanol–water partition coefficient (Wildman–Crippen LogP) is 0.475. The first-order chi connectivity index (χ1) is 15.5. The molecule has 0 bridgehead atoms. The van der Waals surface area contributed by atoms with Crippen LogP contribution in [-0.4, -0.2) is 75.9 Å². The van der Waals surface area contributed by atoms with Gasteiger partial charge in [0.25, 0.3) is 17.7 Å². The smallest absolute Gasteiger partial charge is 0.259 e. The van der Waals surface area contributed by atoms with Gasteiger partial charge in [-0.3, -0.25) is 19.3 Å². The van der Waals surface area contributed by atoms with E-state index in [2.05, 4.69) is 17.0 Å². The van der Waals surface area contributed by atoms with Crippen LogP contribution in [0.1, 0.15) is 25.8 Å². The van der Waals surface area contributed by atoms with Crippen molar-refractivity contribution in [3.05, 3.63) is 47.2 Å². The van der Waals surface area contributed by atoms with Gasteiger partial charge in [0.15, 0.2) is 5.54 Å². The number of aliphatic hydroxyl groups excluding tert-OH is 1. The predicted molar refractivity (Wildman–Crippen MR) is 112 cm³/mol. The molecule has 0 saturated carbocycles. The third-order valence-corrected chi connectivity index (χ3v) is 6.59. The average molecular weight is 462 g/mol. The molecule has 0 aliphatic carbocycles. The Morgan fingerprint density at radius 3 is 2.79 bits per heavy atom. The maximum Gasteiger partial charge on any atom is 0.259 e. The van der Waals surface area contributed by atoms with Crippen LogP contribution in [0.15, 0.2) is 35.0 Å². The number of piperazine rings is 1. The summed E-state index contributed by atoms with van der Waals surface area (Å²) in [7, 11) is 0. The molecule has 0 radical (unpaired) electrons. The van der Waals surface area contributed by atoms with Crippen molar-refractivity contribution in [3.8, 4) is 0 Å². The van der Waals surface area contributed by atoms with E-state index >= 15 is 0 Å². The molecular formula is C22H24F2N4O5. The number of rotatable bonds is 4. The van der Waals surface area contributed by atoms with E-state index in [1.165, 1.54) is 29.0 Å². The first kappa shape index (κ1) is 23.0. The van der Waals surface area contributed by atoms with Gasteiger partial charge in [0.2, 0.25) is 5.78 Å². The fraction of sp³-hybridized carbons (Fsp3) is 0.455. The summed E-state index contributed by atoms with van der Waals surface area (Å²) < 4.78 is 32.8. The zero-order valence-electron chi connectivity index (χ0n) is 18.2. The van der Waals surface area contributed by atoms with Crippen LogP contribution < -0.4 is 5.32 Å². The topological polar surface area (TPSA) is 112 Å². The van der Waals surface area contributed by atoms with Gasteiger partial charge in [0.1, 0.15) is 23.3 Å². The molecule has 176 valence electrons. The van der Waals surface area contributed by atoms with Gasteiger partial charge < -0.3 is 20.1 Å². The highest BCUT2D eigenvalue weighted by Crippen LogP contribution is 2.42. The number of ether oxygens (including phenoxy) is 1. The highest BCUT2D eigenvalue weighted by molar-refractivity contribution is 6.23. The lowest BCUT2D eigenvalue weighted by atomic mass is 9.79. The summed E-state index contributed by atoms with van der Waals surface area (Å²) in [5.41, 5.74) is -2.07.